The van der Waals surface area contributed by atoms with Crippen molar-refractivity contribution in [1.29, 1.82) is 0 Å². The lowest BCUT2D eigenvalue weighted by Crippen LogP contribution is -2.30. The molecule has 1 aliphatic rings. The van der Waals surface area contributed by atoms with Crippen LogP contribution in [-0.2, 0) is 6.54 Å². The summed E-state index contributed by atoms with van der Waals surface area (Å²) < 4.78 is 0. The second kappa shape index (κ2) is 5.38. The van der Waals surface area contributed by atoms with E-state index in [1.807, 2.05) is 0 Å². The van der Waals surface area contributed by atoms with Crippen molar-refractivity contribution in [2.45, 2.75) is 38.3 Å². The fourth-order valence-corrected chi connectivity index (χ4v) is 2.78. The number of hydrogen-bond acceptors (Lipinski definition) is 3. The highest BCUT2D eigenvalue weighted by atomic mass is 32.1. The molecule has 1 heterocycles. The van der Waals surface area contributed by atoms with Crippen molar-refractivity contribution < 1.29 is 0 Å². The van der Waals surface area contributed by atoms with Crippen molar-refractivity contribution in [3.8, 4) is 11.8 Å². The molecule has 0 fully saturated rings. The summed E-state index contributed by atoms with van der Waals surface area (Å²) in [5.41, 5.74) is 7.18. The zero-order valence-corrected chi connectivity index (χ0v) is 10.5. The molecule has 0 aliphatic heterocycles. The van der Waals surface area contributed by atoms with Crippen LogP contribution in [0.4, 0.5) is 5.00 Å². The lowest BCUT2D eigenvalue weighted by molar-refractivity contribution is 0.216. The maximum Gasteiger partial charge on any atom is 0.0902 e. The number of nitrogens with zero attached hydrogens (tertiary/aromatic N) is 1. The van der Waals surface area contributed by atoms with E-state index >= 15 is 0 Å². The van der Waals surface area contributed by atoms with Gasteiger partial charge in [0.05, 0.1) is 5.00 Å². The zero-order valence-electron chi connectivity index (χ0n) is 9.70. The van der Waals surface area contributed by atoms with Crippen LogP contribution in [0.3, 0.4) is 0 Å². The first-order valence-electron chi connectivity index (χ1n) is 5.75. The first kappa shape index (κ1) is 11.5. The summed E-state index contributed by atoms with van der Waals surface area (Å²) in [7, 11) is 2.19. The Labute approximate surface area is 101 Å². The predicted molar refractivity (Wildman–Crippen MR) is 70.2 cm³/mol. The highest BCUT2D eigenvalue weighted by molar-refractivity contribution is 7.14. The fraction of sp³-hybridized carbons (Fsp3) is 0.538. The summed E-state index contributed by atoms with van der Waals surface area (Å²) in [5.74, 6) is 6.41. The Morgan fingerprint density at radius 1 is 1.44 bits per heavy atom. The van der Waals surface area contributed by atoms with E-state index in [2.05, 4.69) is 35.2 Å². The lowest BCUT2D eigenvalue weighted by Gasteiger charge is -2.26. The van der Waals surface area contributed by atoms with Gasteiger partial charge in [-0.05, 0) is 31.3 Å². The van der Waals surface area contributed by atoms with E-state index in [9.17, 15) is 0 Å². The molecule has 0 spiro atoms. The molecule has 0 bridgehead atoms. The van der Waals surface area contributed by atoms with Crippen LogP contribution in [-0.4, -0.2) is 18.0 Å². The van der Waals surface area contributed by atoms with Gasteiger partial charge >= 0.3 is 0 Å². The average molecular weight is 234 g/mol. The van der Waals surface area contributed by atoms with Gasteiger partial charge in [0.25, 0.3) is 0 Å². The highest BCUT2D eigenvalue weighted by Crippen LogP contribution is 2.23. The van der Waals surface area contributed by atoms with Gasteiger partial charge in [0.1, 0.15) is 0 Å². The van der Waals surface area contributed by atoms with Gasteiger partial charge in [0.15, 0.2) is 0 Å². The van der Waals surface area contributed by atoms with Crippen molar-refractivity contribution in [3.63, 3.8) is 0 Å². The van der Waals surface area contributed by atoms with E-state index < -0.39 is 0 Å². The molecule has 0 atom stereocenters. The second-order valence-electron chi connectivity index (χ2n) is 4.31. The summed E-state index contributed by atoms with van der Waals surface area (Å²) in [5, 5.41) is 3.02. The minimum atomic E-state index is 0.641. The Balaban J connectivity index is 1.92. The maximum absolute atomic E-state index is 5.92. The molecule has 1 aromatic rings. The van der Waals surface area contributed by atoms with E-state index in [-0.39, 0.29) is 0 Å². The molecule has 2 rings (SSSR count). The number of anilines is 1. The molecule has 1 aromatic heterocycles. The summed E-state index contributed by atoms with van der Waals surface area (Å²) >= 11 is 1.62. The summed E-state index contributed by atoms with van der Waals surface area (Å²) in [6, 6.07) is 2.77. The molecule has 86 valence electrons. The van der Waals surface area contributed by atoms with Crippen LogP contribution in [0.25, 0.3) is 0 Å². The second-order valence-corrected chi connectivity index (χ2v) is 5.26. The van der Waals surface area contributed by atoms with Crippen LogP contribution >= 0.6 is 11.3 Å². The monoisotopic (exact) mass is 234 g/mol. The van der Waals surface area contributed by atoms with Crippen molar-refractivity contribution in [3.05, 3.63) is 17.0 Å². The standard InChI is InChI=1S/C13H18N2S/c1-15(10-11-8-9-16-13(11)14)12-6-4-2-3-5-7-12/h8-9,12H,4-7,10,14H2,1H3. The zero-order chi connectivity index (χ0) is 11.4. The van der Waals surface area contributed by atoms with Gasteiger partial charge in [-0.15, -0.1) is 23.2 Å². The smallest absolute Gasteiger partial charge is 0.0902 e. The molecule has 0 saturated heterocycles. The highest BCUT2D eigenvalue weighted by Gasteiger charge is 2.16. The minimum Gasteiger partial charge on any atom is -0.390 e. The van der Waals surface area contributed by atoms with Crippen LogP contribution in [0.15, 0.2) is 11.4 Å². The molecule has 0 saturated carbocycles. The molecule has 2 N–H and O–H groups in total. The Morgan fingerprint density at radius 3 is 2.69 bits per heavy atom. The molecular weight excluding hydrogens is 216 g/mol. The van der Waals surface area contributed by atoms with Crippen LogP contribution in [0.2, 0.25) is 0 Å². The van der Waals surface area contributed by atoms with Crippen LogP contribution in [0.5, 0.6) is 0 Å². The van der Waals surface area contributed by atoms with E-state index in [0.717, 1.165) is 24.4 Å². The van der Waals surface area contributed by atoms with Gasteiger partial charge < -0.3 is 5.73 Å². The van der Waals surface area contributed by atoms with Crippen molar-refractivity contribution in [2.24, 2.45) is 0 Å². The van der Waals surface area contributed by atoms with Gasteiger partial charge in [-0.3, -0.25) is 4.90 Å². The predicted octanol–water partition coefficient (Wildman–Crippen LogP) is 2.71. The third-order valence-corrected chi connectivity index (χ3v) is 3.94. The van der Waals surface area contributed by atoms with E-state index in [1.165, 1.54) is 18.4 Å². The topological polar surface area (TPSA) is 29.3 Å². The Hall–Kier alpha value is -0.980. The van der Waals surface area contributed by atoms with Gasteiger partial charge in [0, 0.05) is 31.0 Å². The SMILES string of the molecule is CN(Cc1ccsc1N)C1CCC#CCC1. The van der Waals surface area contributed by atoms with Crippen LogP contribution < -0.4 is 5.73 Å². The maximum atomic E-state index is 5.92. The molecule has 16 heavy (non-hydrogen) atoms. The summed E-state index contributed by atoms with van der Waals surface area (Å²) in [6.45, 7) is 0.958. The van der Waals surface area contributed by atoms with E-state index in [4.69, 9.17) is 5.73 Å². The molecule has 0 radical (unpaired) electrons. The van der Waals surface area contributed by atoms with Crippen LogP contribution in [0, 0.1) is 11.8 Å². The first-order chi connectivity index (χ1) is 7.77. The average Bonchev–Trinajstić information content (AvgIpc) is 2.57. The Bertz CT molecular complexity index is 388. The molecule has 0 unspecified atom stereocenters. The minimum absolute atomic E-state index is 0.641. The van der Waals surface area contributed by atoms with Crippen molar-refractivity contribution in [2.75, 3.05) is 12.8 Å². The molecular formula is C13H18N2S. The number of nitrogens with two attached hydrogens (primary N) is 1. The van der Waals surface area contributed by atoms with Gasteiger partial charge in [-0.2, -0.15) is 0 Å². The fourth-order valence-electron chi connectivity index (χ4n) is 2.12. The largest absolute Gasteiger partial charge is 0.390 e. The first-order valence-corrected chi connectivity index (χ1v) is 6.63. The number of hydrogen-bond donors (Lipinski definition) is 1. The van der Waals surface area contributed by atoms with E-state index in [1.54, 1.807) is 11.3 Å². The van der Waals surface area contributed by atoms with Gasteiger partial charge in [0.2, 0.25) is 0 Å². The lowest BCUT2D eigenvalue weighted by atomic mass is 10.1. The van der Waals surface area contributed by atoms with Gasteiger partial charge in [-0.25, -0.2) is 0 Å². The third kappa shape index (κ3) is 2.78. The quantitative estimate of drug-likeness (QED) is 0.815. The van der Waals surface area contributed by atoms with Crippen molar-refractivity contribution >= 4 is 16.3 Å². The van der Waals surface area contributed by atoms with E-state index in [0.29, 0.717) is 6.04 Å². The summed E-state index contributed by atoms with van der Waals surface area (Å²) in [6.07, 6.45) is 4.45. The molecule has 0 amide bonds. The Kier molecular flexibility index (Phi) is 3.87. The number of thiophene rings is 1. The van der Waals surface area contributed by atoms with Crippen LogP contribution in [0.1, 0.15) is 31.2 Å². The molecule has 3 heteroatoms. The molecule has 2 nitrogen and oxygen atoms in total. The Morgan fingerprint density at radius 2 is 2.12 bits per heavy atom. The number of nitrogen functional groups attached to an aromatic ring is 1. The third-order valence-electron chi connectivity index (χ3n) is 3.15. The van der Waals surface area contributed by atoms with Gasteiger partial charge in [-0.1, -0.05) is 0 Å². The normalized spacial score (nSPS) is 16.9. The number of rotatable bonds is 3. The van der Waals surface area contributed by atoms with Crippen molar-refractivity contribution in [1.82, 2.24) is 4.90 Å². The molecule has 1 aliphatic carbocycles. The summed E-state index contributed by atoms with van der Waals surface area (Å²) in [4.78, 5) is 2.41. The molecule has 0 aromatic carbocycles.